The summed E-state index contributed by atoms with van der Waals surface area (Å²) in [5.41, 5.74) is 0.310. The van der Waals surface area contributed by atoms with Crippen LogP contribution in [0, 0.1) is 28.6 Å². The van der Waals surface area contributed by atoms with E-state index in [1.54, 1.807) is 44.6 Å². The minimum atomic E-state index is -1.01. The number of esters is 1. The molecule has 1 saturated carbocycles. The summed E-state index contributed by atoms with van der Waals surface area (Å²) in [5, 5.41) is 15.4. The summed E-state index contributed by atoms with van der Waals surface area (Å²) in [6.45, 7) is 4.04. The zero-order valence-electron chi connectivity index (χ0n) is 24.7. The van der Waals surface area contributed by atoms with Crippen molar-refractivity contribution in [3.05, 3.63) is 60.2 Å². The molecule has 0 saturated heterocycles. The van der Waals surface area contributed by atoms with Crippen molar-refractivity contribution in [1.29, 1.82) is 5.26 Å². The molecule has 4 atom stereocenters. The molecule has 0 spiro atoms. The Bertz CT molecular complexity index is 1380. The molecule has 0 radical (unpaired) electrons. The average Bonchev–Trinajstić information content (AvgIpc) is 3.56. The van der Waals surface area contributed by atoms with Crippen LogP contribution in [0.5, 0.6) is 11.5 Å². The number of halogens is 4. The third-order valence-electron chi connectivity index (χ3n) is 6.48. The number of oxime groups is 1. The molecule has 1 aliphatic carbocycles. The van der Waals surface area contributed by atoms with Gasteiger partial charge in [0.2, 0.25) is 11.1 Å². The molecule has 0 bridgehead atoms. The van der Waals surface area contributed by atoms with Crippen LogP contribution in [0.3, 0.4) is 0 Å². The monoisotopic (exact) mass is 880 g/mol. The molecule has 238 valence electrons. The summed E-state index contributed by atoms with van der Waals surface area (Å²) >= 11 is 15.3. The summed E-state index contributed by atoms with van der Waals surface area (Å²) in [5.74, 6) is 0.272. The molecule has 10 nitrogen and oxygen atoms in total. The number of hydrogen-bond donors (Lipinski definition) is 1. The maximum atomic E-state index is 12.9. The van der Waals surface area contributed by atoms with Gasteiger partial charge in [0.05, 0.1) is 10.7 Å². The van der Waals surface area contributed by atoms with Crippen LogP contribution in [0.25, 0.3) is 0 Å². The van der Waals surface area contributed by atoms with Gasteiger partial charge in [0.15, 0.2) is 0 Å². The van der Waals surface area contributed by atoms with Crippen LogP contribution in [0.15, 0.2) is 59.8 Å². The highest BCUT2D eigenvalue weighted by atomic mass is 80.0. The lowest BCUT2D eigenvalue weighted by Gasteiger charge is -2.21. The van der Waals surface area contributed by atoms with Crippen LogP contribution in [0.4, 0.5) is 4.79 Å². The van der Waals surface area contributed by atoms with E-state index in [2.05, 4.69) is 85.1 Å². The van der Waals surface area contributed by atoms with Gasteiger partial charge < -0.3 is 19.7 Å². The topological polar surface area (TPSA) is 130 Å². The number of benzene rings is 2. The van der Waals surface area contributed by atoms with Crippen molar-refractivity contribution in [2.24, 2.45) is 22.4 Å². The SMILES string of the molecule is CC1(C)[C@H](C(=O)O[C@H](C#N)c2cccc(Oc3ccccc3)c2)[C@@H]1C(Br)C(Br)(Br)Br.CNC(=O)O/N=C(/SC)C(=O)N(C)C. The van der Waals surface area contributed by atoms with E-state index in [9.17, 15) is 19.6 Å². The van der Waals surface area contributed by atoms with Gasteiger partial charge in [-0.1, -0.05) is 113 Å². The number of amides is 2. The van der Waals surface area contributed by atoms with E-state index in [4.69, 9.17) is 9.47 Å². The molecule has 1 unspecified atom stereocenters. The Morgan fingerprint density at radius 1 is 1.09 bits per heavy atom. The predicted molar refractivity (Wildman–Crippen MR) is 186 cm³/mol. The van der Waals surface area contributed by atoms with E-state index >= 15 is 0 Å². The zero-order chi connectivity index (χ0) is 33.2. The first-order chi connectivity index (χ1) is 20.6. The Labute approximate surface area is 295 Å². The maximum Gasteiger partial charge on any atom is 0.433 e. The molecule has 1 aliphatic rings. The van der Waals surface area contributed by atoms with Crippen LogP contribution in [-0.2, 0) is 19.2 Å². The third-order valence-corrected chi connectivity index (χ3v) is 11.7. The number of carbonyl (C=O) groups excluding carboxylic acids is 3. The summed E-state index contributed by atoms with van der Waals surface area (Å²) in [4.78, 5) is 40.6. The fourth-order valence-electron chi connectivity index (χ4n) is 4.09. The van der Waals surface area contributed by atoms with E-state index < -0.39 is 14.3 Å². The Balaban J connectivity index is 0.000000408. The zero-order valence-corrected chi connectivity index (χ0v) is 31.9. The van der Waals surface area contributed by atoms with Crippen LogP contribution < -0.4 is 10.1 Å². The van der Waals surface area contributed by atoms with Crippen LogP contribution >= 0.6 is 75.5 Å². The van der Waals surface area contributed by atoms with Crippen molar-refractivity contribution < 1.29 is 28.7 Å². The van der Waals surface area contributed by atoms with E-state index in [1.807, 2.05) is 44.2 Å². The van der Waals surface area contributed by atoms with Gasteiger partial charge in [0.1, 0.15) is 19.7 Å². The molecule has 2 aromatic carbocycles. The number of para-hydroxylation sites is 1. The number of hydrogen-bond acceptors (Lipinski definition) is 9. The number of nitrogens with one attached hydrogen (secondary N) is 1. The standard InChI is InChI=1S/C22H19Br4NO3.C7H13N3O3S/c1-21(2)17(19(23)22(24,25)26)18(21)20(28)30-16(12-27)13-7-6-10-15(11-13)29-14-8-4-3-5-9-14;1-8-7(12)13-9-5(14-4)6(11)10(2)3/h3-11,16-19H,1-2H3;1-4H3,(H,8,12)/b;9-5+/t16-,17-,18+,19?;/m1./s1. The molecule has 2 amide bonds. The van der Waals surface area contributed by atoms with Crippen LogP contribution in [-0.4, -0.2) is 62.3 Å². The van der Waals surface area contributed by atoms with Crippen molar-refractivity contribution in [3.8, 4) is 17.6 Å². The number of alkyl halides is 4. The van der Waals surface area contributed by atoms with Gasteiger partial charge in [-0.15, -0.1) is 11.8 Å². The number of carbonyl (C=O) groups is 3. The number of nitrogens with zero attached hydrogens (tertiary/aromatic N) is 3. The molecule has 15 heteroatoms. The van der Waals surface area contributed by atoms with Crippen LogP contribution in [0.1, 0.15) is 25.5 Å². The second-order valence-electron chi connectivity index (χ2n) is 10.1. The van der Waals surface area contributed by atoms with Gasteiger partial charge in [-0.2, -0.15) is 5.26 Å². The lowest BCUT2D eigenvalue weighted by molar-refractivity contribution is -0.149. The normalized spacial score (nSPS) is 18.2. The second-order valence-corrected chi connectivity index (χ2v) is 18.9. The second kappa shape index (κ2) is 17.0. The van der Waals surface area contributed by atoms with Crippen molar-refractivity contribution >= 4 is 98.5 Å². The smallest absolute Gasteiger partial charge is 0.433 e. The van der Waals surface area contributed by atoms with E-state index in [1.165, 1.54) is 11.9 Å². The first-order valence-electron chi connectivity index (χ1n) is 12.9. The highest BCUT2D eigenvalue weighted by Crippen LogP contribution is 2.66. The molecule has 0 aliphatic heterocycles. The van der Waals surface area contributed by atoms with Gasteiger partial charge in [-0.3, -0.25) is 14.4 Å². The summed E-state index contributed by atoms with van der Waals surface area (Å²) in [6.07, 6.45) is -0.0413. The molecule has 1 N–H and O–H groups in total. The number of rotatable bonds is 7. The van der Waals surface area contributed by atoms with Crippen molar-refractivity contribution in [2.45, 2.75) is 26.9 Å². The Morgan fingerprint density at radius 3 is 2.23 bits per heavy atom. The molecule has 2 aromatic rings. The molecule has 3 rings (SSSR count). The van der Waals surface area contributed by atoms with E-state index in [0.717, 1.165) is 11.8 Å². The van der Waals surface area contributed by atoms with Gasteiger partial charge in [-0.05, 0) is 41.9 Å². The molecular formula is C29H32Br4N4O6S. The quantitative estimate of drug-likeness (QED) is 0.0754. The lowest BCUT2D eigenvalue weighted by atomic mass is 10.1. The third kappa shape index (κ3) is 10.8. The van der Waals surface area contributed by atoms with Crippen molar-refractivity contribution in [1.82, 2.24) is 10.2 Å². The van der Waals surface area contributed by atoms with E-state index in [-0.39, 0.29) is 39.0 Å². The van der Waals surface area contributed by atoms with Gasteiger partial charge >= 0.3 is 12.1 Å². The van der Waals surface area contributed by atoms with Crippen molar-refractivity contribution in [2.75, 3.05) is 27.4 Å². The number of nitriles is 1. The van der Waals surface area contributed by atoms with Gasteiger partial charge in [-0.25, -0.2) is 4.79 Å². The highest BCUT2D eigenvalue weighted by molar-refractivity contribution is 9.40. The first-order valence-corrected chi connectivity index (χ1v) is 17.5. The van der Waals surface area contributed by atoms with Crippen molar-refractivity contribution in [3.63, 3.8) is 0 Å². The van der Waals surface area contributed by atoms with E-state index in [0.29, 0.717) is 17.1 Å². The Hall–Kier alpha value is -2.12. The van der Waals surface area contributed by atoms with Gasteiger partial charge in [0.25, 0.3) is 5.91 Å². The highest BCUT2D eigenvalue weighted by Gasteiger charge is 2.67. The fraction of sp³-hybridized carbons (Fsp3) is 0.414. The molecule has 0 aromatic heterocycles. The maximum absolute atomic E-state index is 12.9. The minimum absolute atomic E-state index is 0.0233. The summed E-state index contributed by atoms with van der Waals surface area (Å²) in [7, 11) is 4.59. The molecular weight excluding hydrogens is 852 g/mol. The van der Waals surface area contributed by atoms with Gasteiger partial charge in [0, 0.05) is 26.7 Å². The first kappa shape index (κ1) is 38.1. The molecule has 1 fully saturated rings. The number of ether oxygens (including phenoxy) is 2. The molecule has 0 heterocycles. The Kier molecular flexibility index (Phi) is 14.7. The lowest BCUT2D eigenvalue weighted by Crippen LogP contribution is -2.28. The molecule has 44 heavy (non-hydrogen) atoms. The minimum Gasteiger partial charge on any atom is -0.457 e. The number of thioether (sulfide) groups is 1. The fourth-order valence-corrected chi connectivity index (χ4v) is 6.40. The average molecular weight is 884 g/mol. The summed E-state index contributed by atoms with van der Waals surface area (Å²) < 4.78 is 10.9. The predicted octanol–water partition coefficient (Wildman–Crippen LogP) is 7.57. The summed E-state index contributed by atoms with van der Waals surface area (Å²) in [6, 6.07) is 18.5. The Morgan fingerprint density at radius 2 is 1.70 bits per heavy atom. The van der Waals surface area contributed by atoms with Crippen LogP contribution in [0.2, 0.25) is 0 Å². The largest absolute Gasteiger partial charge is 0.457 e.